The number of rotatable bonds is 4. The third-order valence-electron chi connectivity index (χ3n) is 5.06. The van der Waals surface area contributed by atoms with Crippen molar-refractivity contribution in [3.8, 4) is 17.5 Å². The van der Waals surface area contributed by atoms with Gasteiger partial charge in [0, 0.05) is 11.4 Å². The molecule has 0 spiro atoms. The molecule has 2 unspecified atom stereocenters. The molecule has 4 aromatic rings. The van der Waals surface area contributed by atoms with Crippen molar-refractivity contribution in [2.75, 3.05) is 13.1 Å². The fourth-order valence-electron chi connectivity index (χ4n) is 3.82. The molecule has 1 aliphatic rings. The van der Waals surface area contributed by atoms with Crippen LogP contribution in [0.2, 0.25) is 0 Å². The maximum absolute atomic E-state index is 11.0. The van der Waals surface area contributed by atoms with Gasteiger partial charge >= 0.3 is 0 Å². The Morgan fingerprint density at radius 1 is 1.33 bits per heavy atom. The predicted molar refractivity (Wildman–Crippen MR) is 106 cm³/mol. The average molecular weight is 401 g/mol. The van der Waals surface area contributed by atoms with Gasteiger partial charge in [-0.2, -0.15) is 9.50 Å². The van der Waals surface area contributed by atoms with Crippen molar-refractivity contribution < 1.29 is 9.52 Å². The highest BCUT2D eigenvalue weighted by Gasteiger charge is 2.32. The largest absolute Gasteiger partial charge is 0.492 e. The number of hydrogen-bond donors (Lipinski definition) is 1. The van der Waals surface area contributed by atoms with E-state index in [4.69, 9.17) is 4.42 Å². The first kappa shape index (κ1) is 17.0. The maximum atomic E-state index is 11.0. The van der Waals surface area contributed by atoms with Gasteiger partial charge in [0.2, 0.25) is 16.7 Å². The number of nitrogens with zero attached hydrogens (tertiary/aromatic N) is 4. The zero-order chi connectivity index (χ0) is 18.4. The summed E-state index contributed by atoms with van der Waals surface area (Å²) in [6.07, 6.45) is 4.05. The number of thiazole rings is 1. The molecule has 1 N–H and O–H groups in total. The lowest BCUT2D eigenvalue weighted by Gasteiger charge is -2.36. The van der Waals surface area contributed by atoms with Gasteiger partial charge in [-0.25, -0.2) is 0 Å². The topological polar surface area (TPSA) is 66.8 Å². The molecule has 5 rings (SSSR count). The molecule has 27 heavy (non-hydrogen) atoms. The van der Waals surface area contributed by atoms with E-state index in [2.05, 4.69) is 39.4 Å². The third kappa shape index (κ3) is 2.97. The highest BCUT2D eigenvalue weighted by Crippen LogP contribution is 2.43. The minimum Gasteiger partial charge on any atom is -0.492 e. The van der Waals surface area contributed by atoms with Crippen LogP contribution >= 0.6 is 22.7 Å². The molecule has 8 heteroatoms. The minimum atomic E-state index is 0.0494. The molecule has 0 amide bonds. The lowest BCUT2D eigenvalue weighted by Crippen LogP contribution is -2.37. The Labute approximate surface area is 164 Å². The summed E-state index contributed by atoms with van der Waals surface area (Å²) < 4.78 is 6.91. The van der Waals surface area contributed by atoms with Gasteiger partial charge in [-0.1, -0.05) is 24.3 Å². The number of thiophene rings is 1. The van der Waals surface area contributed by atoms with E-state index in [9.17, 15) is 5.11 Å². The molecular weight excluding hydrogens is 380 g/mol. The molecule has 0 radical (unpaired) electrons. The van der Waals surface area contributed by atoms with Gasteiger partial charge in [-0.15, -0.1) is 16.4 Å². The Balaban J connectivity index is 1.58. The van der Waals surface area contributed by atoms with Crippen molar-refractivity contribution in [3.05, 3.63) is 45.7 Å². The van der Waals surface area contributed by atoms with Gasteiger partial charge in [-0.05, 0) is 48.9 Å². The average Bonchev–Trinajstić information content (AvgIpc) is 3.42. The molecule has 4 aromatic heterocycles. The fraction of sp³-hybridized carbons (Fsp3) is 0.368. The fourth-order valence-corrected chi connectivity index (χ4v) is 5.87. The number of piperidine rings is 1. The Morgan fingerprint density at radius 2 is 2.26 bits per heavy atom. The predicted octanol–water partition coefficient (Wildman–Crippen LogP) is 4.64. The molecule has 1 aliphatic heterocycles. The second kappa shape index (κ2) is 6.78. The molecule has 5 heterocycles. The standard InChI is InChI=1S/C19H20N4O2S2/c1-12-5-2-8-22(11-12)15(14-7-4-10-26-14)16-18(24)23-19(27-16)20-17(21-23)13-6-3-9-25-13/h3-4,6-7,9-10,12,15,24H,2,5,8,11H2,1H3. The zero-order valence-corrected chi connectivity index (χ0v) is 16.5. The van der Waals surface area contributed by atoms with Gasteiger partial charge in [0.05, 0.1) is 17.2 Å². The summed E-state index contributed by atoms with van der Waals surface area (Å²) in [5.41, 5.74) is 0. The monoisotopic (exact) mass is 400 g/mol. The van der Waals surface area contributed by atoms with Gasteiger partial charge in [0.15, 0.2) is 5.76 Å². The number of furan rings is 1. The van der Waals surface area contributed by atoms with Gasteiger partial charge in [0.25, 0.3) is 0 Å². The third-order valence-corrected chi connectivity index (χ3v) is 7.05. The van der Waals surface area contributed by atoms with Crippen molar-refractivity contribution in [3.63, 3.8) is 0 Å². The van der Waals surface area contributed by atoms with E-state index in [0.717, 1.165) is 18.0 Å². The van der Waals surface area contributed by atoms with E-state index in [1.54, 1.807) is 23.7 Å². The van der Waals surface area contributed by atoms with Crippen molar-refractivity contribution in [2.45, 2.75) is 25.8 Å². The van der Waals surface area contributed by atoms with Crippen LogP contribution in [0.5, 0.6) is 5.88 Å². The Morgan fingerprint density at radius 3 is 2.96 bits per heavy atom. The van der Waals surface area contributed by atoms with Crippen LogP contribution in [-0.2, 0) is 0 Å². The Hall–Kier alpha value is -2.16. The van der Waals surface area contributed by atoms with Crippen molar-refractivity contribution >= 4 is 27.6 Å². The van der Waals surface area contributed by atoms with Crippen LogP contribution in [0, 0.1) is 5.92 Å². The van der Waals surface area contributed by atoms with E-state index >= 15 is 0 Å². The Bertz CT molecular complexity index is 1040. The molecule has 1 fully saturated rings. The van der Waals surface area contributed by atoms with Crippen molar-refractivity contribution in [1.82, 2.24) is 19.5 Å². The first-order chi connectivity index (χ1) is 13.2. The maximum Gasteiger partial charge on any atom is 0.230 e. The van der Waals surface area contributed by atoms with Crippen LogP contribution in [0.15, 0.2) is 40.3 Å². The smallest absolute Gasteiger partial charge is 0.230 e. The first-order valence-electron chi connectivity index (χ1n) is 9.10. The van der Waals surface area contributed by atoms with Gasteiger partial charge in [0.1, 0.15) is 0 Å². The molecule has 1 saturated heterocycles. The highest BCUT2D eigenvalue weighted by molar-refractivity contribution is 7.17. The van der Waals surface area contributed by atoms with Crippen LogP contribution in [0.4, 0.5) is 0 Å². The van der Waals surface area contributed by atoms with E-state index in [-0.39, 0.29) is 11.9 Å². The summed E-state index contributed by atoms with van der Waals surface area (Å²) in [6.45, 7) is 4.38. The summed E-state index contributed by atoms with van der Waals surface area (Å²) in [4.78, 5) is 9.88. The number of aromatic nitrogens is 3. The molecule has 0 bridgehead atoms. The molecular formula is C19H20N4O2S2. The van der Waals surface area contributed by atoms with Crippen molar-refractivity contribution in [1.29, 1.82) is 0 Å². The lowest BCUT2D eigenvalue weighted by atomic mass is 9.98. The molecule has 0 saturated carbocycles. The van der Waals surface area contributed by atoms with E-state index < -0.39 is 0 Å². The highest BCUT2D eigenvalue weighted by atomic mass is 32.1. The molecule has 0 aliphatic carbocycles. The van der Waals surface area contributed by atoms with Crippen molar-refractivity contribution in [2.24, 2.45) is 5.92 Å². The molecule has 0 aromatic carbocycles. The second-order valence-electron chi connectivity index (χ2n) is 7.06. The molecule has 6 nitrogen and oxygen atoms in total. The second-order valence-corrected chi connectivity index (χ2v) is 9.05. The lowest BCUT2D eigenvalue weighted by molar-refractivity contribution is 0.150. The van der Waals surface area contributed by atoms with Crippen LogP contribution in [0.25, 0.3) is 16.5 Å². The summed E-state index contributed by atoms with van der Waals surface area (Å²) in [7, 11) is 0. The number of hydrogen-bond acceptors (Lipinski definition) is 7. The minimum absolute atomic E-state index is 0.0494. The van der Waals surface area contributed by atoms with Crippen LogP contribution in [0.1, 0.15) is 35.6 Å². The van der Waals surface area contributed by atoms with Crippen LogP contribution in [-0.4, -0.2) is 37.7 Å². The number of likely N-dealkylation sites (tertiary alicyclic amines) is 1. The summed E-state index contributed by atoms with van der Waals surface area (Å²) in [5.74, 6) is 1.94. The summed E-state index contributed by atoms with van der Waals surface area (Å²) in [6, 6.07) is 7.90. The molecule has 140 valence electrons. The quantitative estimate of drug-likeness (QED) is 0.541. The SMILES string of the molecule is CC1CCCN(C(c2cccs2)c2sc3nc(-c4ccco4)nn3c2O)C1. The van der Waals surface area contributed by atoms with E-state index in [1.807, 2.05) is 6.07 Å². The van der Waals surface area contributed by atoms with Crippen LogP contribution < -0.4 is 0 Å². The Kier molecular flexibility index (Phi) is 4.26. The summed E-state index contributed by atoms with van der Waals surface area (Å²) >= 11 is 3.24. The van der Waals surface area contributed by atoms with E-state index in [0.29, 0.717) is 22.5 Å². The normalized spacial score (nSPS) is 19.7. The van der Waals surface area contributed by atoms with Gasteiger partial charge < -0.3 is 9.52 Å². The van der Waals surface area contributed by atoms with Crippen LogP contribution in [0.3, 0.4) is 0 Å². The molecule has 2 atom stereocenters. The summed E-state index contributed by atoms with van der Waals surface area (Å²) in [5, 5.41) is 17.5. The van der Waals surface area contributed by atoms with E-state index in [1.165, 1.54) is 33.6 Å². The van der Waals surface area contributed by atoms with Gasteiger partial charge in [-0.3, -0.25) is 4.90 Å². The number of aromatic hydroxyl groups is 1. The zero-order valence-electron chi connectivity index (χ0n) is 14.9. The first-order valence-corrected chi connectivity index (χ1v) is 10.8. The number of fused-ring (bicyclic) bond motifs is 1.